The van der Waals surface area contributed by atoms with E-state index in [9.17, 15) is 4.79 Å². The molecule has 1 aromatic rings. The molecule has 0 aliphatic heterocycles. The molecule has 0 atom stereocenters. The Morgan fingerprint density at radius 1 is 1.47 bits per heavy atom. The van der Waals surface area contributed by atoms with Crippen molar-refractivity contribution in [2.24, 2.45) is 0 Å². The molecular weight excluding hydrogens is 215 g/mol. The maximum Gasteiger partial charge on any atom is 0.504 e. The van der Waals surface area contributed by atoms with E-state index in [0.717, 1.165) is 4.78 Å². The number of hydrogen-bond acceptors (Lipinski definition) is 5. The maximum atomic E-state index is 11.2. The first kappa shape index (κ1) is 12.2. The molecule has 0 bridgehead atoms. The standard InChI is InChI=1S/C9H13BO4S/c1-4-14-10(13-3)8-6-5-7(15-8)9(11)12-2/h5-6H,4H2,1-3H3. The summed E-state index contributed by atoms with van der Waals surface area (Å²) in [7, 11) is 2.52. The predicted molar refractivity (Wildman–Crippen MR) is 59.7 cm³/mol. The zero-order chi connectivity index (χ0) is 11.3. The van der Waals surface area contributed by atoms with Crippen LogP contribution in [0, 0.1) is 0 Å². The van der Waals surface area contributed by atoms with Gasteiger partial charge in [-0.1, -0.05) is 6.07 Å². The van der Waals surface area contributed by atoms with Gasteiger partial charge >= 0.3 is 13.1 Å². The Balaban J connectivity index is 2.77. The Labute approximate surface area is 93.3 Å². The smallest absolute Gasteiger partial charge is 0.465 e. The summed E-state index contributed by atoms with van der Waals surface area (Å²) in [6.45, 7) is 2.45. The number of ether oxygens (including phenoxy) is 1. The van der Waals surface area contributed by atoms with E-state index in [1.54, 1.807) is 19.2 Å². The monoisotopic (exact) mass is 228 g/mol. The lowest BCUT2D eigenvalue weighted by molar-refractivity contribution is 0.0606. The van der Waals surface area contributed by atoms with Gasteiger partial charge in [0.2, 0.25) is 0 Å². The fourth-order valence-electron chi connectivity index (χ4n) is 1.11. The first-order valence-electron chi connectivity index (χ1n) is 4.55. The van der Waals surface area contributed by atoms with E-state index in [2.05, 4.69) is 4.74 Å². The highest BCUT2D eigenvalue weighted by Crippen LogP contribution is 2.09. The SMILES string of the molecule is CCOB(OC)c1ccc(C(=O)OC)s1. The molecule has 0 N–H and O–H groups in total. The van der Waals surface area contributed by atoms with Crippen molar-refractivity contribution in [2.45, 2.75) is 6.92 Å². The number of thiophene rings is 1. The zero-order valence-electron chi connectivity index (χ0n) is 8.98. The van der Waals surface area contributed by atoms with Gasteiger partial charge in [0.15, 0.2) is 0 Å². The third-order valence-corrected chi connectivity index (χ3v) is 2.86. The summed E-state index contributed by atoms with van der Waals surface area (Å²) in [5.74, 6) is -0.336. The summed E-state index contributed by atoms with van der Waals surface area (Å²) in [6, 6.07) is 3.51. The molecular formula is C9H13BO4S. The third kappa shape index (κ3) is 3.05. The minimum Gasteiger partial charge on any atom is -0.465 e. The van der Waals surface area contributed by atoms with E-state index in [1.165, 1.54) is 18.4 Å². The van der Waals surface area contributed by atoms with E-state index in [0.29, 0.717) is 11.5 Å². The van der Waals surface area contributed by atoms with Crippen molar-refractivity contribution in [2.75, 3.05) is 20.8 Å². The highest BCUT2D eigenvalue weighted by atomic mass is 32.1. The number of esters is 1. The topological polar surface area (TPSA) is 44.8 Å². The van der Waals surface area contributed by atoms with Gasteiger partial charge in [0, 0.05) is 18.5 Å². The lowest BCUT2D eigenvalue weighted by Crippen LogP contribution is -2.33. The maximum absolute atomic E-state index is 11.2. The van der Waals surface area contributed by atoms with Crippen LogP contribution in [0.2, 0.25) is 0 Å². The van der Waals surface area contributed by atoms with E-state index < -0.39 is 7.12 Å². The average molecular weight is 228 g/mol. The number of rotatable bonds is 5. The lowest BCUT2D eigenvalue weighted by atomic mass is 9.88. The first-order valence-corrected chi connectivity index (χ1v) is 5.37. The fraction of sp³-hybridized carbons (Fsp3) is 0.444. The molecule has 6 heteroatoms. The van der Waals surface area contributed by atoms with Crippen LogP contribution in [-0.4, -0.2) is 33.9 Å². The van der Waals surface area contributed by atoms with Crippen LogP contribution in [0.4, 0.5) is 0 Å². The molecule has 0 radical (unpaired) electrons. The molecule has 0 fully saturated rings. The Hall–Kier alpha value is -0.845. The second-order valence-corrected chi connectivity index (χ2v) is 3.83. The number of hydrogen-bond donors (Lipinski definition) is 0. The number of methoxy groups -OCH3 is 1. The van der Waals surface area contributed by atoms with Crippen LogP contribution >= 0.6 is 11.3 Å². The lowest BCUT2D eigenvalue weighted by Gasteiger charge is -2.07. The molecule has 0 aromatic carbocycles. The Kier molecular flexibility index (Phi) is 4.81. The van der Waals surface area contributed by atoms with Gasteiger partial charge in [0.25, 0.3) is 0 Å². The summed E-state index contributed by atoms with van der Waals surface area (Å²) in [5.41, 5.74) is 0. The van der Waals surface area contributed by atoms with E-state index >= 15 is 0 Å². The molecule has 0 saturated heterocycles. The molecule has 1 aromatic heterocycles. The van der Waals surface area contributed by atoms with Crippen LogP contribution in [0.3, 0.4) is 0 Å². The fourth-order valence-corrected chi connectivity index (χ4v) is 2.06. The van der Waals surface area contributed by atoms with Crippen LogP contribution in [0.5, 0.6) is 0 Å². The second kappa shape index (κ2) is 5.90. The van der Waals surface area contributed by atoms with Crippen molar-refractivity contribution in [3.8, 4) is 0 Å². The van der Waals surface area contributed by atoms with Gasteiger partial charge < -0.3 is 14.0 Å². The predicted octanol–water partition coefficient (Wildman–Crippen LogP) is 0.913. The van der Waals surface area contributed by atoms with Crippen molar-refractivity contribution >= 4 is 29.2 Å². The summed E-state index contributed by atoms with van der Waals surface area (Å²) >= 11 is 1.31. The summed E-state index contributed by atoms with van der Waals surface area (Å²) < 4.78 is 16.0. The normalized spacial score (nSPS) is 10.1. The molecule has 1 rings (SSSR count). The molecule has 0 saturated carbocycles. The van der Waals surface area contributed by atoms with Crippen LogP contribution in [0.1, 0.15) is 16.6 Å². The van der Waals surface area contributed by atoms with Gasteiger partial charge in [-0.3, -0.25) is 0 Å². The summed E-state index contributed by atoms with van der Waals surface area (Å²) in [6.07, 6.45) is 0. The number of carbonyl (C=O) groups excluding carboxylic acids is 1. The first-order chi connectivity index (χ1) is 7.22. The second-order valence-electron chi connectivity index (χ2n) is 2.72. The van der Waals surface area contributed by atoms with Gasteiger partial charge in [-0.05, 0) is 13.0 Å². The minimum atomic E-state index is -0.404. The van der Waals surface area contributed by atoms with Gasteiger partial charge in [-0.25, -0.2) is 4.79 Å². The molecule has 1 heterocycles. The third-order valence-electron chi connectivity index (χ3n) is 1.78. The molecule has 0 unspecified atom stereocenters. The molecule has 4 nitrogen and oxygen atoms in total. The molecule has 15 heavy (non-hydrogen) atoms. The van der Waals surface area contributed by atoms with Crippen molar-refractivity contribution in [3.63, 3.8) is 0 Å². The van der Waals surface area contributed by atoms with Crippen LogP contribution in [0.25, 0.3) is 0 Å². The van der Waals surface area contributed by atoms with Crippen LogP contribution in [-0.2, 0) is 14.0 Å². The molecule has 0 aliphatic carbocycles. The highest BCUT2D eigenvalue weighted by molar-refractivity contribution is 7.23. The molecule has 0 amide bonds. The molecule has 0 spiro atoms. The van der Waals surface area contributed by atoms with Gasteiger partial charge in [0.05, 0.1) is 7.11 Å². The molecule has 0 aliphatic rings. The Morgan fingerprint density at radius 2 is 2.20 bits per heavy atom. The van der Waals surface area contributed by atoms with Crippen molar-refractivity contribution < 1.29 is 18.8 Å². The Morgan fingerprint density at radius 3 is 2.73 bits per heavy atom. The van der Waals surface area contributed by atoms with Crippen LogP contribution in [0.15, 0.2) is 12.1 Å². The van der Waals surface area contributed by atoms with E-state index in [1.807, 2.05) is 6.92 Å². The highest BCUT2D eigenvalue weighted by Gasteiger charge is 2.22. The van der Waals surface area contributed by atoms with Gasteiger partial charge in [-0.15, -0.1) is 11.3 Å². The van der Waals surface area contributed by atoms with Crippen molar-refractivity contribution in [1.82, 2.24) is 0 Å². The summed E-state index contributed by atoms with van der Waals surface area (Å²) in [5, 5.41) is 0. The van der Waals surface area contributed by atoms with Crippen LogP contribution < -0.4 is 4.78 Å². The van der Waals surface area contributed by atoms with Gasteiger partial charge in [0.1, 0.15) is 4.88 Å². The van der Waals surface area contributed by atoms with Gasteiger partial charge in [-0.2, -0.15) is 0 Å². The quantitative estimate of drug-likeness (QED) is 0.555. The zero-order valence-corrected chi connectivity index (χ0v) is 9.80. The molecule has 82 valence electrons. The minimum absolute atomic E-state index is 0.336. The summed E-state index contributed by atoms with van der Waals surface area (Å²) in [4.78, 5) is 11.8. The van der Waals surface area contributed by atoms with Crippen molar-refractivity contribution in [3.05, 3.63) is 17.0 Å². The average Bonchev–Trinajstić information content (AvgIpc) is 2.73. The Bertz CT molecular complexity index is 326. The number of carbonyl (C=O) groups is 1. The largest absolute Gasteiger partial charge is 0.504 e. The van der Waals surface area contributed by atoms with E-state index in [-0.39, 0.29) is 5.97 Å². The van der Waals surface area contributed by atoms with E-state index in [4.69, 9.17) is 9.31 Å². The van der Waals surface area contributed by atoms with Crippen molar-refractivity contribution in [1.29, 1.82) is 0 Å².